The predicted molar refractivity (Wildman–Crippen MR) is 145 cm³/mol. The second-order valence-corrected chi connectivity index (χ2v) is 9.45. The standard InChI is InChI=1S/C27H31F2N7O5/c1-5-35(36(27(30)40)19-11-31-13-20(19)37)26(39)16-7-6-15(10-14(16)2)33-25(38)24-32-12-18(34(24)3)17-8-9-21(41-4)23(29)22(17)28/h6-10,12,19-20,31,37H,5,11,13H2,1-4H3,(H2,30,40)(H,33,38)/t19-,20-/m1/s1. The van der Waals surface area contributed by atoms with Crippen LogP contribution < -0.4 is 21.1 Å². The number of imidazole rings is 1. The zero-order valence-corrected chi connectivity index (χ0v) is 22.9. The summed E-state index contributed by atoms with van der Waals surface area (Å²) >= 11 is 0. The third-order valence-corrected chi connectivity index (χ3v) is 6.93. The molecule has 14 heteroatoms. The van der Waals surface area contributed by atoms with Crippen LogP contribution in [0.4, 0.5) is 19.3 Å². The van der Waals surface area contributed by atoms with Gasteiger partial charge in [-0.3, -0.25) is 9.59 Å². The van der Waals surface area contributed by atoms with Crippen molar-refractivity contribution >= 4 is 23.5 Å². The average Bonchev–Trinajstić information content (AvgIpc) is 3.53. The molecule has 2 atom stereocenters. The first kappa shape index (κ1) is 29.4. The molecule has 1 aromatic heterocycles. The third kappa shape index (κ3) is 5.56. The summed E-state index contributed by atoms with van der Waals surface area (Å²) in [4.78, 5) is 42.8. The van der Waals surface area contributed by atoms with Gasteiger partial charge in [-0.05, 0) is 49.7 Å². The summed E-state index contributed by atoms with van der Waals surface area (Å²) in [6.45, 7) is 3.99. The Morgan fingerprint density at radius 3 is 2.54 bits per heavy atom. The lowest BCUT2D eigenvalue weighted by molar-refractivity contribution is -0.0243. The zero-order valence-electron chi connectivity index (χ0n) is 22.9. The first-order valence-electron chi connectivity index (χ1n) is 12.7. The van der Waals surface area contributed by atoms with Crippen molar-refractivity contribution in [2.45, 2.75) is 26.0 Å². The van der Waals surface area contributed by atoms with Gasteiger partial charge in [0.25, 0.3) is 11.8 Å². The number of methoxy groups -OCH3 is 1. The molecule has 1 fully saturated rings. The minimum Gasteiger partial charge on any atom is -0.494 e. The lowest BCUT2D eigenvalue weighted by Crippen LogP contribution is -2.59. The third-order valence-electron chi connectivity index (χ3n) is 6.93. The molecule has 218 valence electrons. The van der Waals surface area contributed by atoms with Gasteiger partial charge in [0.2, 0.25) is 5.82 Å². The Morgan fingerprint density at radius 2 is 1.95 bits per heavy atom. The molecule has 5 N–H and O–H groups in total. The number of β-amino-alcohol motifs (C(OH)–C–C–N with tert-alkyl or cyclic N) is 1. The van der Waals surface area contributed by atoms with Crippen LogP contribution in [0.25, 0.3) is 11.3 Å². The second-order valence-electron chi connectivity index (χ2n) is 9.45. The number of carbonyl (C=O) groups is 3. The lowest BCUT2D eigenvalue weighted by atomic mass is 10.1. The summed E-state index contributed by atoms with van der Waals surface area (Å²) in [5.41, 5.74) is 6.76. The average molecular weight is 572 g/mol. The highest BCUT2D eigenvalue weighted by Gasteiger charge is 2.38. The van der Waals surface area contributed by atoms with Gasteiger partial charge in [-0.15, -0.1) is 0 Å². The number of aliphatic hydroxyl groups excluding tert-OH is 1. The molecule has 0 spiro atoms. The number of nitrogens with zero attached hydrogens (tertiary/aromatic N) is 4. The molecule has 2 heterocycles. The first-order valence-corrected chi connectivity index (χ1v) is 12.7. The van der Waals surface area contributed by atoms with Crippen LogP contribution in [-0.2, 0) is 7.05 Å². The number of benzene rings is 2. The highest BCUT2D eigenvalue weighted by atomic mass is 19.2. The topological polar surface area (TPSA) is 155 Å². The van der Waals surface area contributed by atoms with Crippen molar-refractivity contribution in [1.82, 2.24) is 24.9 Å². The van der Waals surface area contributed by atoms with Crippen molar-refractivity contribution in [3.63, 3.8) is 0 Å². The summed E-state index contributed by atoms with van der Waals surface area (Å²) in [5, 5.41) is 18.2. The number of ether oxygens (including phenoxy) is 1. The van der Waals surface area contributed by atoms with E-state index < -0.39 is 41.6 Å². The number of amides is 4. The van der Waals surface area contributed by atoms with E-state index in [2.05, 4.69) is 15.6 Å². The molecule has 41 heavy (non-hydrogen) atoms. The molecule has 0 bridgehead atoms. The molecular weight excluding hydrogens is 540 g/mol. The number of hydrogen-bond acceptors (Lipinski definition) is 7. The monoisotopic (exact) mass is 571 g/mol. The van der Waals surface area contributed by atoms with Crippen LogP contribution in [0.5, 0.6) is 5.75 Å². The number of aromatic nitrogens is 2. The summed E-state index contributed by atoms with van der Waals surface area (Å²) in [6.07, 6.45) is 0.363. The Kier molecular flexibility index (Phi) is 8.54. The van der Waals surface area contributed by atoms with Gasteiger partial charge >= 0.3 is 6.03 Å². The Bertz CT molecular complexity index is 1490. The maximum absolute atomic E-state index is 14.6. The van der Waals surface area contributed by atoms with E-state index in [-0.39, 0.29) is 48.0 Å². The zero-order chi connectivity index (χ0) is 30.0. The van der Waals surface area contributed by atoms with Crippen LogP contribution in [0.15, 0.2) is 36.5 Å². The number of hydrogen-bond donors (Lipinski definition) is 4. The molecule has 3 aromatic rings. The van der Waals surface area contributed by atoms with Gasteiger partial charge in [0.1, 0.15) is 0 Å². The van der Waals surface area contributed by atoms with Crippen molar-refractivity contribution in [2.24, 2.45) is 12.8 Å². The largest absolute Gasteiger partial charge is 0.494 e. The molecule has 12 nitrogen and oxygen atoms in total. The number of rotatable bonds is 7. The van der Waals surface area contributed by atoms with Crippen molar-refractivity contribution < 1.29 is 33.0 Å². The normalized spacial score (nSPS) is 16.4. The highest BCUT2D eigenvalue weighted by molar-refractivity contribution is 6.03. The van der Waals surface area contributed by atoms with Gasteiger partial charge in [-0.2, -0.15) is 4.39 Å². The maximum atomic E-state index is 14.6. The van der Waals surface area contributed by atoms with Crippen molar-refractivity contribution in [3.05, 3.63) is 65.1 Å². The van der Waals surface area contributed by atoms with E-state index in [4.69, 9.17) is 10.5 Å². The molecule has 4 amide bonds. The van der Waals surface area contributed by atoms with E-state index in [0.29, 0.717) is 11.3 Å². The van der Waals surface area contributed by atoms with E-state index in [9.17, 15) is 28.3 Å². The quantitative estimate of drug-likeness (QED) is 0.316. The van der Waals surface area contributed by atoms with Gasteiger partial charge in [-0.25, -0.2) is 24.2 Å². The van der Waals surface area contributed by atoms with Gasteiger partial charge in [0.05, 0.1) is 31.1 Å². The van der Waals surface area contributed by atoms with Gasteiger partial charge < -0.3 is 30.8 Å². The summed E-state index contributed by atoms with van der Waals surface area (Å²) < 4.78 is 35.0. The van der Waals surface area contributed by atoms with E-state index in [0.717, 1.165) is 5.01 Å². The number of halogens is 2. The number of anilines is 1. The number of primary amides is 1. The van der Waals surface area contributed by atoms with Crippen molar-refractivity contribution in [2.75, 3.05) is 32.1 Å². The fourth-order valence-electron chi connectivity index (χ4n) is 4.82. The Hall–Kier alpha value is -4.56. The van der Waals surface area contributed by atoms with Crippen LogP contribution in [0, 0.1) is 18.6 Å². The summed E-state index contributed by atoms with van der Waals surface area (Å²) in [6, 6.07) is 5.61. The van der Waals surface area contributed by atoms with Crippen LogP contribution in [0.1, 0.15) is 33.5 Å². The number of carbonyl (C=O) groups excluding carboxylic acids is 3. The number of urea groups is 1. The van der Waals surface area contributed by atoms with Crippen LogP contribution in [0.3, 0.4) is 0 Å². The lowest BCUT2D eigenvalue weighted by Gasteiger charge is -2.38. The number of aliphatic hydroxyl groups is 1. The number of nitrogens with two attached hydrogens (primary N) is 1. The van der Waals surface area contributed by atoms with E-state index in [1.807, 2.05) is 0 Å². The van der Waals surface area contributed by atoms with Gasteiger partial charge in [0, 0.05) is 43.5 Å². The van der Waals surface area contributed by atoms with Gasteiger partial charge in [0.15, 0.2) is 17.4 Å². The molecule has 0 radical (unpaired) electrons. The molecule has 0 aliphatic carbocycles. The molecule has 2 aromatic carbocycles. The Morgan fingerprint density at radius 1 is 1.22 bits per heavy atom. The molecule has 1 saturated heterocycles. The SMILES string of the molecule is CCN(C(=O)c1ccc(NC(=O)c2ncc(-c3ccc(OC)c(F)c3F)n2C)cc1C)N(C(N)=O)[C@@H]1CNC[C@H]1O. The van der Waals surface area contributed by atoms with Crippen molar-refractivity contribution in [3.8, 4) is 17.0 Å². The number of hydrazine groups is 1. The first-order chi connectivity index (χ1) is 19.5. The van der Waals surface area contributed by atoms with E-state index >= 15 is 0 Å². The highest BCUT2D eigenvalue weighted by Crippen LogP contribution is 2.30. The Balaban J connectivity index is 1.54. The Labute approximate surface area is 234 Å². The summed E-state index contributed by atoms with van der Waals surface area (Å²) in [5.74, 6) is -3.73. The van der Waals surface area contributed by atoms with Crippen molar-refractivity contribution in [1.29, 1.82) is 0 Å². The smallest absolute Gasteiger partial charge is 0.334 e. The number of nitrogens with one attached hydrogen (secondary N) is 2. The molecule has 1 aliphatic heterocycles. The molecule has 0 unspecified atom stereocenters. The second kappa shape index (κ2) is 11.9. The van der Waals surface area contributed by atoms with E-state index in [1.54, 1.807) is 19.9 Å². The fourth-order valence-corrected chi connectivity index (χ4v) is 4.82. The summed E-state index contributed by atoms with van der Waals surface area (Å²) in [7, 11) is 2.72. The van der Waals surface area contributed by atoms with Gasteiger partial charge in [-0.1, -0.05) is 0 Å². The molecule has 0 saturated carbocycles. The number of aryl methyl sites for hydroxylation is 1. The van der Waals surface area contributed by atoms with Crippen LogP contribution in [-0.4, -0.2) is 81.4 Å². The van der Waals surface area contributed by atoms with Crippen LogP contribution in [0.2, 0.25) is 0 Å². The fraction of sp³-hybridized carbons (Fsp3) is 0.333. The molecule has 4 rings (SSSR count). The molecule has 1 aliphatic rings. The minimum absolute atomic E-state index is 0.0635. The predicted octanol–water partition coefficient (Wildman–Crippen LogP) is 2.03. The molecular formula is C27H31F2N7O5. The van der Waals surface area contributed by atoms with E-state index in [1.165, 1.54) is 54.2 Å². The minimum atomic E-state index is -1.15. The maximum Gasteiger partial charge on any atom is 0.334 e. The van der Waals surface area contributed by atoms with Crippen LogP contribution >= 0.6 is 0 Å².